The Morgan fingerprint density at radius 2 is 1.42 bits per heavy atom. The van der Waals surface area contributed by atoms with Gasteiger partial charge >= 0.3 is 5.97 Å². The standard InChI is InChI=1S/C23H22O3/c1-16(17-9-4-2-5-10-17)15-20(18-11-6-3-7-12-18)19-13-8-14-21(24)22(19)23(25)26/h2-14,16,20,24H,15H2,1H3,(H,25,26). The van der Waals surface area contributed by atoms with Gasteiger partial charge in [0.1, 0.15) is 11.3 Å². The molecule has 3 heteroatoms. The molecule has 0 bridgehead atoms. The maximum absolute atomic E-state index is 11.8. The summed E-state index contributed by atoms with van der Waals surface area (Å²) < 4.78 is 0. The van der Waals surface area contributed by atoms with Gasteiger partial charge in [-0.15, -0.1) is 0 Å². The Morgan fingerprint density at radius 1 is 0.846 bits per heavy atom. The number of carboxylic acid groups (broad SMARTS) is 1. The lowest BCUT2D eigenvalue weighted by molar-refractivity contribution is 0.0692. The van der Waals surface area contributed by atoms with Gasteiger partial charge in [0.25, 0.3) is 0 Å². The van der Waals surface area contributed by atoms with E-state index < -0.39 is 5.97 Å². The highest BCUT2D eigenvalue weighted by Crippen LogP contribution is 2.38. The van der Waals surface area contributed by atoms with E-state index in [4.69, 9.17) is 0 Å². The number of aromatic hydroxyl groups is 1. The number of hydrogen-bond donors (Lipinski definition) is 2. The van der Waals surface area contributed by atoms with Crippen LogP contribution in [0.1, 0.15) is 52.2 Å². The zero-order valence-electron chi connectivity index (χ0n) is 14.7. The molecule has 2 unspecified atom stereocenters. The molecule has 2 N–H and O–H groups in total. The van der Waals surface area contributed by atoms with Crippen molar-refractivity contribution in [2.75, 3.05) is 0 Å². The number of phenols is 1. The fourth-order valence-corrected chi connectivity index (χ4v) is 3.48. The van der Waals surface area contributed by atoms with Crippen LogP contribution in [0.2, 0.25) is 0 Å². The molecule has 3 rings (SSSR count). The SMILES string of the molecule is CC(CC(c1ccccc1)c1cccc(O)c1C(=O)O)c1ccccc1. The van der Waals surface area contributed by atoms with E-state index in [2.05, 4.69) is 19.1 Å². The highest BCUT2D eigenvalue weighted by Gasteiger charge is 2.25. The van der Waals surface area contributed by atoms with E-state index >= 15 is 0 Å². The first kappa shape index (κ1) is 17.7. The average Bonchev–Trinajstić information content (AvgIpc) is 2.67. The van der Waals surface area contributed by atoms with E-state index in [-0.39, 0.29) is 23.1 Å². The summed E-state index contributed by atoms with van der Waals surface area (Å²) in [7, 11) is 0. The van der Waals surface area contributed by atoms with Gasteiger partial charge in [-0.05, 0) is 35.1 Å². The van der Waals surface area contributed by atoms with Crippen molar-refractivity contribution >= 4 is 5.97 Å². The van der Waals surface area contributed by atoms with Crippen LogP contribution in [-0.4, -0.2) is 16.2 Å². The van der Waals surface area contributed by atoms with Crippen LogP contribution in [0.4, 0.5) is 0 Å². The molecule has 26 heavy (non-hydrogen) atoms. The van der Waals surface area contributed by atoms with E-state index in [1.165, 1.54) is 11.6 Å². The van der Waals surface area contributed by atoms with Crippen LogP contribution in [0.3, 0.4) is 0 Å². The molecule has 0 aliphatic rings. The van der Waals surface area contributed by atoms with Gasteiger partial charge in [0.05, 0.1) is 0 Å². The number of rotatable bonds is 6. The number of hydrogen-bond acceptors (Lipinski definition) is 2. The third-order valence-corrected chi connectivity index (χ3v) is 4.82. The van der Waals surface area contributed by atoms with Crippen molar-refractivity contribution in [3.8, 4) is 5.75 Å². The van der Waals surface area contributed by atoms with Gasteiger partial charge in [0.15, 0.2) is 0 Å². The predicted molar refractivity (Wildman–Crippen MR) is 103 cm³/mol. The molecule has 2 atom stereocenters. The van der Waals surface area contributed by atoms with Crippen molar-refractivity contribution < 1.29 is 15.0 Å². The fraction of sp³-hybridized carbons (Fsp3) is 0.174. The van der Waals surface area contributed by atoms with Gasteiger partial charge in [-0.25, -0.2) is 4.79 Å². The number of carbonyl (C=O) groups is 1. The Morgan fingerprint density at radius 3 is 2.00 bits per heavy atom. The Labute approximate surface area is 153 Å². The van der Waals surface area contributed by atoms with Crippen LogP contribution in [0.15, 0.2) is 78.9 Å². The molecule has 0 fully saturated rings. The number of benzene rings is 3. The summed E-state index contributed by atoms with van der Waals surface area (Å²) in [6.07, 6.45) is 0.748. The van der Waals surface area contributed by atoms with Gasteiger partial charge in [-0.3, -0.25) is 0 Å². The van der Waals surface area contributed by atoms with Gasteiger partial charge in [-0.2, -0.15) is 0 Å². The van der Waals surface area contributed by atoms with E-state index in [0.717, 1.165) is 12.0 Å². The third-order valence-electron chi connectivity index (χ3n) is 4.82. The van der Waals surface area contributed by atoms with E-state index in [1.807, 2.05) is 48.5 Å². The normalized spacial score (nSPS) is 13.1. The summed E-state index contributed by atoms with van der Waals surface area (Å²) in [5.74, 6) is -1.18. The topological polar surface area (TPSA) is 57.5 Å². The molecule has 3 aromatic rings. The number of carboxylic acids is 1. The van der Waals surface area contributed by atoms with Crippen LogP contribution in [0, 0.1) is 0 Å². The van der Waals surface area contributed by atoms with Crippen LogP contribution < -0.4 is 0 Å². The summed E-state index contributed by atoms with van der Waals surface area (Å²) in [5, 5.41) is 19.8. The lowest BCUT2D eigenvalue weighted by Gasteiger charge is -2.24. The Kier molecular flexibility index (Phi) is 5.37. The smallest absolute Gasteiger partial charge is 0.339 e. The van der Waals surface area contributed by atoms with Crippen LogP contribution in [0.25, 0.3) is 0 Å². The summed E-state index contributed by atoms with van der Waals surface area (Å²) in [6.45, 7) is 2.15. The first-order valence-corrected chi connectivity index (χ1v) is 8.73. The summed E-state index contributed by atoms with van der Waals surface area (Å²) >= 11 is 0. The monoisotopic (exact) mass is 346 g/mol. The lowest BCUT2D eigenvalue weighted by atomic mass is 9.80. The molecule has 0 amide bonds. The van der Waals surface area contributed by atoms with E-state index in [9.17, 15) is 15.0 Å². The van der Waals surface area contributed by atoms with Crippen LogP contribution in [0.5, 0.6) is 5.75 Å². The maximum Gasteiger partial charge on any atom is 0.339 e. The molecule has 0 spiro atoms. The van der Waals surface area contributed by atoms with E-state index in [1.54, 1.807) is 12.1 Å². The van der Waals surface area contributed by atoms with Gasteiger partial charge < -0.3 is 10.2 Å². The third kappa shape index (κ3) is 3.77. The predicted octanol–water partition coefficient (Wildman–Crippen LogP) is 5.42. The van der Waals surface area contributed by atoms with Crippen LogP contribution in [-0.2, 0) is 0 Å². The van der Waals surface area contributed by atoms with Crippen molar-refractivity contribution in [1.82, 2.24) is 0 Å². The highest BCUT2D eigenvalue weighted by molar-refractivity contribution is 5.93. The van der Waals surface area contributed by atoms with Crippen LogP contribution >= 0.6 is 0 Å². The second-order valence-electron chi connectivity index (χ2n) is 6.56. The minimum Gasteiger partial charge on any atom is -0.507 e. The molecular weight excluding hydrogens is 324 g/mol. The highest BCUT2D eigenvalue weighted by atomic mass is 16.4. The molecule has 0 heterocycles. The first-order chi connectivity index (χ1) is 12.6. The molecule has 3 aromatic carbocycles. The zero-order valence-corrected chi connectivity index (χ0v) is 14.7. The lowest BCUT2D eigenvalue weighted by Crippen LogP contribution is -2.11. The largest absolute Gasteiger partial charge is 0.507 e. The Balaban J connectivity index is 2.06. The minimum absolute atomic E-state index is 0.0124. The molecule has 0 saturated heterocycles. The molecule has 0 aliphatic heterocycles. The molecule has 0 aliphatic carbocycles. The zero-order chi connectivity index (χ0) is 18.5. The molecular formula is C23H22O3. The molecule has 132 valence electrons. The Bertz CT molecular complexity index is 872. The van der Waals surface area contributed by atoms with Crippen molar-refractivity contribution in [2.45, 2.75) is 25.2 Å². The second kappa shape index (κ2) is 7.87. The molecule has 0 radical (unpaired) electrons. The summed E-state index contributed by atoms with van der Waals surface area (Å²) in [4.78, 5) is 11.8. The van der Waals surface area contributed by atoms with Crippen molar-refractivity contribution in [2.24, 2.45) is 0 Å². The summed E-state index contributed by atoms with van der Waals surface area (Å²) in [6, 6.07) is 25.0. The fourth-order valence-electron chi connectivity index (χ4n) is 3.48. The van der Waals surface area contributed by atoms with Crippen molar-refractivity contribution in [3.05, 3.63) is 101 Å². The van der Waals surface area contributed by atoms with Gasteiger partial charge in [0, 0.05) is 5.92 Å². The quantitative estimate of drug-likeness (QED) is 0.627. The maximum atomic E-state index is 11.8. The second-order valence-corrected chi connectivity index (χ2v) is 6.56. The first-order valence-electron chi connectivity index (χ1n) is 8.73. The number of aromatic carboxylic acids is 1. The molecule has 3 nitrogen and oxygen atoms in total. The van der Waals surface area contributed by atoms with Gasteiger partial charge in [0.2, 0.25) is 0 Å². The van der Waals surface area contributed by atoms with E-state index in [0.29, 0.717) is 5.56 Å². The Hall–Kier alpha value is -3.07. The van der Waals surface area contributed by atoms with Gasteiger partial charge in [-0.1, -0.05) is 79.7 Å². The average molecular weight is 346 g/mol. The minimum atomic E-state index is -1.11. The molecule has 0 aromatic heterocycles. The van der Waals surface area contributed by atoms with Crippen molar-refractivity contribution in [1.29, 1.82) is 0 Å². The summed E-state index contributed by atoms with van der Waals surface area (Å²) in [5.41, 5.74) is 2.89. The van der Waals surface area contributed by atoms with Crippen molar-refractivity contribution in [3.63, 3.8) is 0 Å². The molecule has 0 saturated carbocycles.